The normalized spacial score (nSPS) is 40.7. The monoisotopic (exact) mass is 253 g/mol. The minimum Gasteiger partial charge on any atom is -0.388 e. The first-order valence-corrected chi connectivity index (χ1v) is 7.50. The summed E-state index contributed by atoms with van der Waals surface area (Å²) in [5, 5.41) is 13.4. The second-order valence-corrected chi connectivity index (χ2v) is 6.64. The first kappa shape index (κ1) is 13.9. The number of nitrogens with one attached hydrogen (secondary N) is 1. The van der Waals surface area contributed by atoms with Crippen LogP contribution in [0.4, 0.5) is 0 Å². The molecule has 1 amide bonds. The van der Waals surface area contributed by atoms with Gasteiger partial charge in [0.25, 0.3) is 0 Å². The predicted octanol–water partition coefficient (Wildman–Crippen LogP) is 2.48. The highest BCUT2D eigenvalue weighted by Gasteiger charge is 2.34. The summed E-state index contributed by atoms with van der Waals surface area (Å²) in [7, 11) is 0. The van der Waals surface area contributed by atoms with E-state index in [4.69, 9.17) is 0 Å². The third-order valence-corrected chi connectivity index (χ3v) is 4.99. The fourth-order valence-corrected chi connectivity index (χ4v) is 3.39. The van der Waals surface area contributed by atoms with E-state index in [9.17, 15) is 9.90 Å². The van der Waals surface area contributed by atoms with E-state index in [1.165, 1.54) is 12.8 Å². The van der Waals surface area contributed by atoms with Crippen molar-refractivity contribution in [3.05, 3.63) is 0 Å². The lowest BCUT2D eigenvalue weighted by molar-refractivity contribution is -0.127. The summed E-state index contributed by atoms with van der Waals surface area (Å²) in [6.45, 7) is 4.84. The Morgan fingerprint density at radius 3 is 2.44 bits per heavy atom. The van der Waals surface area contributed by atoms with Gasteiger partial charge in [-0.25, -0.2) is 0 Å². The topological polar surface area (TPSA) is 49.3 Å². The minimum atomic E-state index is -0.649. The number of carbonyl (C=O) groups is 1. The lowest BCUT2D eigenvalue weighted by atomic mass is 9.79. The molecule has 2 aliphatic carbocycles. The maximum Gasteiger partial charge on any atom is 0.223 e. The van der Waals surface area contributed by atoms with Gasteiger partial charge in [0.2, 0.25) is 5.91 Å². The fourth-order valence-electron chi connectivity index (χ4n) is 3.39. The molecule has 3 heteroatoms. The van der Waals surface area contributed by atoms with Crippen molar-refractivity contribution in [3.63, 3.8) is 0 Å². The van der Waals surface area contributed by atoms with E-state index < -0.39 is 5.60 Å². The molecule has 2 fully saturated rings. The molecule has 104 valence electrons. The smallest absolute Gasteiger partial charge is 0.223 e. The molecule has 0 aromatic heterocycles. The average Bonchev–Trinajstić information content (AvgIpc) is 2.77. The maximum atomic E-state index is 12.1. The molecule has 0 radical (unpaired) electrons. The van der Waals surface area contributed by atoms with E-state index >= 15 is 0 Å². The molecule has 0 aromatic carbocycles. The summed E-state index contributed by atoms with van der Waals surface area (Å²) >= 11 is 0. The third-order valence-electron chi connectivity index (χ3n) is 4.99. The number of aliphatic hydroxyl groups is 1. The van der Waals surface area contributed by atoms with Crippen LogP contribution in [-0.4, -0.2) is 23.2 Å². The van der Waals surface area contributed by atoms with Gasteiger partial charge < -0.3 is 10.4 Å². The molecule has 2 aliphatic rings. The van der Waals surface area contributed by atoms with Gasteiger partial charge in [-0.05, 0) is 50.4 Å². The standard InChI is InChI=1S/C15H27NO2/c1-11-6-8-15(18,9-7-11)10-16-14(17)13-5-3-4-12(13)2/h11-13,18H,3-10H2,1-2H3,(H,16,17). The van der Waals surface area contributed by atoms with Crippen LogP contribution in [0.2, 0.25) is 0 Å². The molecule has 0 heterocycles. The Hall–Kier alpha value is -0.570. The average molecular weight is 253 g/mol. The van der Waals surface area contributed by atoms with Crippen LogP contribution in [0.1, 0.15) is 58.8 Å². The van der Waals surface area contributed by atoms with Crippen molar-refractivity contribution in [2.24, 2.45) is 17.8 Å². The number of amides is 1. The molecule has 3 nitrogen and oxygen atoms in total. The van der Waals surface area contributed by atoms with Crippen LogP contribution in [0.25, 0.3) is 0 Å². The van der Waals surface area contributed by atoms with Crippen molar-refractivity contribution >= 4 is 5.91 Å². The maximum absolute atomic E-state index is 12.1. The summed E-state index contributed by atoms with van der Waals surface area (Å²) in [5.41, 5.74) is -0.649. The largest absolute Gasteiger partial charge is 0.388 e. The number of rotatable bonds is 3. The molecule has 2 atom stereocenters. The molecule has 2 saturated carbocycles. The van der Waals surface area contributed by atoms with Crippen LogP contribution >= 0.6 is 0 Å². The zero-order valence-corrected chi connectivity index (χ0v) is 11.7. The van der Waals surface area contributed by atoms with Crippen LogP contribution in [0, 0.1) is 17.8 Å². The lowest BCUT2D eigenvalue weighted by Crippen LogP contribution is -2.46. The molecule has 0 aromatic rings. The third kappa shape index (κ3) is 3.25. The number of hydrogen-bond acceptors (Lipinski definition) is 2. The second kappa shape index (κ2) is 5.60. The minimum absolute atomic E-state index is 0.159. The quantitative estimate of drug-likeness (QED) is 0.812. The predicted molar refractivity (Wildman–Crippen MR) is 72.1 cm³/mol. The highest BCUT2D eigenvalue weighted by molar-refractivity contribution is 5.79. The summed E-state index contributed by atoms with van der Waals surface area (Å²) in [6.07, 6.45) is 7.16. The molecular formula is C15H27NO2. The van der Waals surface area contributed by atoms with Gasteiger partial charge in [0.05, 0.1) is 5.60 Å². The van der Waals surface area contributed by atoms with E-state index in [0.717, 1.165) is 38.0 Å². The van der Waals surface area contributed by atoms with E-state index in [1.54, 1.807) is 0 Å². The molecule has 0 aliphatic heterocycles. The highest BCUT2D eigenvalue weighted by atomic mass is 16.3. The summed E-state index contributed by atoms with van der Waals surface area (Å²) in [4.78, 5) is 12.1. The van der Waals surface area contributed by atoms with Crippen molar-refractivity contribution in [1.82, 2.24) is 5.32 Å². The summed E-state index contributed by atoms with van der Waals surface area (Å²) < 4.78 is 0. The van der Waals surface area contributed by atoms with Crippen LogP contribution in [-0.2, 0) is 4.79 Å². The highest BCUT2D eigenvalue weighted by Crippen LogP contribution is 2.33. The SMILES string of the molecule is CC1CCC(O)(CNC(=O)C2CCCC2C)CC1. The Kier molecular flexibility index (Phi) is 4.31. The first-order chi connectivity index (χ1) is 8.50. The van der Waals surface area contributed by atoms with Crippen LogP contribution in [0.3, 0.4) is 0 Å². The van der Waals surface area contributed by atoms with Crippen molar-refractivity contribution in [1.29, 1.82) is 0 Å². The second-order valence-electron chi connectivity index (χ2n) is 6.64. The number of carbonyl (C=O) groups excluding carboxylic acids is 1. The van der Waals surface area contributed by atoms with Gasteiger partial charge in [-0.15, -0.1) is 0 Å². The Bertz CT molecular complexity index is 295. The fraction of sp³-hybridized carbons (Fsp3) is 0.933. The zero-order valence-electron chi connectivity index (χ0n) is 11.7. The summed E-state index contributed by atoms with van der Waals surface area (Å²) in [6, 6.07) is 0. The van der Waals surface area contributed by atoms with Gasteiger partial charge in [-0.1, -0.05) is 20.3 Å². The van der Waals surface area contributed by atoms with Gasteiger partial charge in [0, 0.05) is 12.5 Å². The van der Waals surface area contributed by atoms with Crippen molar-refractivity contribution < 1.29 is 9.90 Å². The Morgan fingerprint density at radius 2 is 1.89 bits per heavy atom. The van der Waals surface area contributed by atoms with Gasteiger partial charge >= 0.3 is 0 Å². The van der Waals surface area contributed by atoms with Crippen molar-refractivity contribution in [2.75, 3.05) is 6.54 Å². The molecule has 0 spiro atoms. The van der Waals surface area contributed by atoms with Crippen LogP contribution in [0.15, 0.2) is 0 Å². The summed E-state index contributed by atoms with van der Waals surface area (Å²) in [5.74, 6) is 1.56. The molecule has 2 N–H and O–H groups in total. The van der Waals surface area contributed by atoms with Crippen molar-refractivity contribution in [3.8, 4) is 0 Å². The lowest BCUT2D eigenvalue weighted by Gasteiger charge is -2.35. The molecule has 18 heavy (non-hydrogen) atoms. The Labute approximate surface area is 110 Å². The van der Waals surface area contributed by atoms with E-state index in [1.807, 2.05) is 0 Å². The van der Waals surface area contributed by atoms with Crippen LogP contribution < -0.4 is 5.32 Å². The first-order valence-electron chi connectivity index (χ1n) is 7.50. The van der Waals surface area contributed by atoms with Crippen LogP contribution in [0.5, 0.6) is 0 Å². The molecular weight excluding hydrogens is 226 g/mol. The molecule has 0 bridgehead atoms. The van der Waals surface area contributed by atoms with E-state index in [2.05, 4.69) is 19.2 Å². The molecule has 0 saturated heterocycles. The van der Waals surface area contributed by atoms with Gasteiger partial charge in [0.15, 0.2) is 0 Å². The van der Waals surface area contributed by atoms with E-state index in [-0.39, 0.29) is 11.8 Å². The number of hydrogen-bond donors (Lipinski definition) is 2. The van der Waals surface area contributed by atoms with Gasteiger partial charge in [0.1, 0.15) is 0 Å². The zero-order chi connectivity index (χ0) is 13.2. The van der Waals surface area contributed by atoms with Gasteiger partial charge in [-0.2, -0.15) is 0 Å². The Morgan fingerprint density at radius 1 is 1.22 bits per heavy atom. The van der Waals surface area contributed by atoms with Gasteiger partial charge in [-0.3, -0.25) is 4.79 Å². The molecule has 2 rings (SSSR count). The van der Waals surface area contributed by atoms with E-state index in [0.29, 0.717) is 12.5 Å². The van der Waals surface area contributed by atoms with Crippen molar-refractivity contribution in [2.45, 2.75) is 64.4 Å². The molecule has 2 unspecified atom stereocenters. The Balaban J connectivity index is 1.78.